The SMILES string of the molecule is CC(=O)N1CCc2c(c(N3CC(CO[Si](C)(C)C(C)(C)C)Cc4ccccc43)nn2C2CCOC2)C1. The lowest BCUT2D eigenvalue weighted by Crippen LogP contribution is -2.44. The van der Waals surface area contributed by atoms with Crippen molar-refractivity contribution < 1.29 is 14.0 Å². The Morgan fingerprint density at radius 1 is 1.25 bits per heavy atom. The van der Waals surface area contributed by atoms with E-state index in [-0.39, 0.29) is 17.0 Å². The highest BCUT2D eigenvalue weighted by Gasteiger charge is 2.39. The van der Waals surface area contributed by atoms with Gasteiger partial charge in [-0.1, -0.05) is 39.0 Å². The number of hydrogen-bond donors (Lipinski definition) is 0. The van der Waals surface area contributed by atoms with Crippen LogP contribution in [-0.4, -0.2) is 61.8 Å². The number of hydrogen-bond acceptors (Lipinski definition) is 5. The monoisotopic (exact) mass is 510 g/mol. The molecule has 4 heterocycles. The van der Waals surface area contributed by atoms with Crippen LogP contribution in [-0.2, 0) is 33.3 Å². The van der Waals surface area contributed by atoms with Gasteiger partial charge >= 0.3 is 0 Å². The number of ether oxygens (including phenoxy) is 1. The predicted molar refractivity (Wildman–Crippen MR) is 145 cm³/mol. The Morgan fingerprint density at radius 3 is 2.72 bits per heavy atom. The zero-order valence-electron chi connectivity index (χ0n) is 22.8. The predicted octanol–water partition coefficient (Wildman–Crippen LogP) is 5.08. The minimum Gasteiger partial charge on any atom is -0.416 e. The quantitative estimate of drug-likeness (QED) is 0.525. The number of amides is 1. The molecule has 2 aromatic rings. The molecular formula is C28H42N4O3Si. The van der Waals surface area contributed by atoms with E-state index in [4.69, 9.17) is 14.3 Å². The van der Waals surface area contributed by atoms with Crippen molar-refractivity contribution in [1.29, 1.82) is 0 Å². The van der Waals surface area contributed by atoms with Crippen LogP contribution < -0.4 is 4.90 Å². The number of nitrogens with zero attached hydrogens (tertiary/aromatic N) is 4. The van der Waals surface area contributed by atoms with Crippen LogP contribution in [0.25, 0.3) is 0 Å². The Kier molecular flexibility index (Phi) is 6.81. The molecule has 8 heteroatoms. The molecule has 196 valence electrons. The van der Waals surface area contributed by atoms with Crippen LogP contribution in [0.2, 0.25) is 18.1 Å². The fraction of sp³-hybridized carbons (Fsp3) is 0.643. The van der Waals surface area contributed by atoms with Gasteiger partial charge in [-0.3, -0.25) is 9.48 Å². The molecule has 7 nitrogen and oxygen atoms in total. The normalized spacial score (nSPS) is 22.5. The van der Waals surface area contributed by atoms with Gasteiger partial charge in [-0.25, -0.2) is 0 Å². The summed E-state index contributed by atoms with van der Waals surface area (Å²) in [6.45, 7) is 17.7. The summed E-state index contributed by atoms with van der Waals surface area (Å²) in [6, 6.07) is 8.99. The molecule has 2 unspecified atom stereocenters. The smallest absolute Gasteiger partial charge is 0.219 e. The van der Waals surface area contributed by atoms with Crippen LogP contribution in [0.5, 0.6) is 0 Å². The van der Waals surface area contributed by atoms with E-state index in [9.17, 15) is 4.79 Å². The van der Waals surface area contributed by atoms with Gasteiger partial charge in [0.1, 0.15) is 0 Å². The first-order chi connectivity index (χ1) is 17.0. The summed E-state index contributed by atoms with van der Waals surface area (Å²) in [5, 5.41) is 5.46. The van der Waals surface area contributed by atoms with E-state index in [1.54, 1.807) is 6.92 Å². The van der Waals surface area contributed by atoms with E-state index in [1.165, 1.54) is 22.5 Å². The van der Waals surface area contributed by atoms with E-state index in [1.807, 2.05) is 4.90 Å². The van der Waals surface area contributed by atoms with Crippen molar-refractivity contribution >= 4 is 25.7 Å². The molecule has 0 aliphatic carbocycles. The fourth-order valence-corrected chi connectivity index (χ4v) is 6.55. The number of carbonyl (C=O) groups is 1. The molecule has 0 radical (unpaired) electrons. The highest BCUT2D eigenvalue weighted by atomic mass is 28.4. The number of fused-ring (bicyclic) bond motifs is 2. The minimum absolute atomic E-state index is 0.128. The second-order valence-electron chi connectivity index (χ2n) is 12.3. The van der Waals surface area contributed by atoms with Crippen LogP contribution in [0.1, 0.15) is 57.0 Å². The molecule has 36 heavy (non-hydrogen) atoms. The number of para-hydroxylation sites is 1. The van der Waals surface area contributed by atoms with E-state index < -0.39 is 8.32 Å². The second-order valence-corrected chi connectivity index (χ2v) is 17.1. The van der Waals surface area contributed by atoms with Gasteiger partial charge in [0.2, 0.25) is 5.91 Å². The largest absolute Gasteiger partial charge is 0.416 e. The van der Waals surface area contributed by atoms with Gasteiger partial charge < -0.3 is 19.0 Å². The first-order valence-electron chi connectivity index (χ1n) is 13.5. The lowest BCUT2D eigenvalue weighted by atomic mass is 9.92. The Labute approximate surface area is 216 Å². The molecule has 1 aromatic heterocycles. The average molecular weight is 511 g/mol. The molecule has 1 aromatic carbocycles. The summed E-state index contributed by atoms with van der Waals surface area (Å²) < 4.78 is 14.7. The standard InChI is InChI=1S/C28H42N4O3Si/c1-20(33)30-13-11-26-24(17-30)27(29-32(26)23-12-14-34-19-23)31-16-21(15-22-9-7-8-10-25(22)31)18-35-36(5,6)28(2,3)4/h7-10,21,23H,11-19H2,1-6H3. The molecule has 1 saturated heterocycles. The first-order valence-corrected chi connectivity index (χ1v) is 16.4. The Hall–Kier alpha value is -2.16. The van der Waals surface area contributed by atoms with Crippen LogP contribution in [0, 0.1) is 5.92 Å². The van der Waals surface area contributed by atoms with Crippen molar-refractivity contribution in [2.24, 2.45) is 5.92 Å². The minimum atomic E-state index is -1.84. The van der Waals surface area contributed by atoms with Gasteiger partial charge in [0.05, 0.1) is 19.2 Å². The van der Waals surface area contributed by atoms with Gasteiger partial charge in [-0.05, 0) is 42.6 Å². The summed E-state index contributed by atoms with van der Waals surface area (Å²) in [5.74, 6) is 1.52. The molecule has 2 atom stereocenters. The van der Waals surface area contributed by atoms with E-state index in [0.717, 1.165) is 51.4 Å². The van der Waals surface area contributed by atoms with E-state index in [0.29, 0.717) is 19.1 Å². The zero-order valence-corrected chi connectivity index (χ0v) is 23.8. The topological polar surface area (TPSA) is 59.8 Å². The summed E-state index contributed by atoms with van der Waals surface area (Å²) in [4.78, 5) is 16.7. The number of anilines is 2. The van der Waals surface area contributed by atoms with E-state index >= 15 is 0 Å². The highest BCUT2D eigenvalue weighted by molar-refractivity contribution is 6.74. The molecule has 3 aliphatic heterocycles. The fourth-order valence-electron chi connectivity index (χ4n) is 5.46. The lowest BCUT2D eigenvalue weighted by molar-refractivity contribution is -0.129. The number of aromatic nitrogens is 2. The van der Waals surface area contributed by atoms with Crippen LogP contribution >= 0.6 is 0 Å². The van der Waals surface area contributed by atoms with Gasteiger partial charge in [0.15, 0.2) is 14.1 Å². The maximum absolute atomic E-state index is 12.3. The van der Waals surface area contributed by atoms with Crippen molar-refractivity contribution in [3.63, 3.8) is 0 Å². The van der Waals surface area contributed by atoms with E-state index in [2.05, 4.69) is 67.7 Å². The lowest BCUT2D eigenvalue weighted by Gasteiger charge is -2.40. The first kappa shape index (κ1) is 25.5. The van der Waals surface area contributed by atoms with Gasteiger partial charge in [0.25, 0.3) is 0 Å². The highest BCUT2D eigenvalue weighted by Crippen LogP contribution is 2.41. The van der Waals surface area contributed by atoms with Crippen molar-refractivity contribution in [1.82, 2.24) is 14.7 Å². The molecule has 0 N–H and O–H groups in total. The van der Waals surface area contributed by atoms with Crippen molar-refractivity contribution in [2.45, 2.75) is 77.7 Å². The maximum Gasteiger partial charge on any atom is 0.219 e. The summed E-state index contributed by atoms with van der Waals surface area (Å²) in [7, 11) is -1.84. The number of benzene rings is 1. The molecule has 0 bridgehead atoms. The molecule has 0 spiro atoms. The summed E-state index contributed by atoms with van der Waals surface area (Å²) >= 11 is 0. The molecular weight excluding hydrogens is 468 g/mol. The average Bonchev–Trinajstić information content (AvgIpc) is 3.49. The third kappa shape index (κ3) is 4.75. The third-order valence-corrected chi connectivity index (χ3v) is 13.2. The van der Waals surface area contributed by atoms with Gasteiger partial charge in [-0.2, -0.15) is 5.10 Å². The molecule has 1 fully saturated rings. The molecule has 3 aliphatic rings. The molecule has 0 saturated carbocycles. The second kappa shape index (κ2) is 9.61. The van der Waals surface area contributed by atoms with Crippen LogP contribution in [0.15, 0.2) is 24.3 Å². The Balaban J connectivity index is 1.50. The summed E-state index contributed by atoms with van der Waals surface area (Å²) in [5.41, 5.74) is 5.05. The third-order valence-electron chi connectivity index (χ3n) is 8.74. The zero-order chi connectivity index (χ0) is 25.7. The number of carbonyl (C=O) groups excluding carboxylic acids is 1. The number of rotatable bonds is 5. The van der Waals surface area contributed by atoms with Crippen molar-refractivity contribution in [3.8, 4) is 0 Å². The van der Waals surface area contributed by atoms with Gasteiger partial charge in [-0.15, -0.1) is 0 Å². The van der Waals surface area contributed by atoms with Gasteiger partial charge in [0, 0.05) is 62.5 Å². The van der Waals surface area contributed by atoms with Crippen LogP contribution in [0.3, 0.4) is 0 Å². The maximum atomic E-state index is 12.3. The Morgan fingerprint density at radius 2 is 2.03 bits per heavy atom. The van der Waals surface area contributed by atoms with Crippen molar-refractivity contribution in [2.75, 3.05) is 37.8 Å². The van der Waals surface area contributed by atoms with Crippen LogP contribution in [0.4, 0.5) is 11.5 Å². The van der Waals surface area contributed by atoms with Crippen molar-refractivity contribution in [3.05, 3.63) is 41.1 Å². The molecule has 1 amide bonds. The Bertz CT molecular complexity index is 1120. The molecule has 5 rings (SSSR count). The summed E-state index contributed by atoms with van der Waals surface area (Å²) in [6.07, 6.45) is 2.84.